The number of nitrogens with one attached hydrogen (secondary N) is 1. The normalized spacial score (nSPS) is 16.4. The molecule has 2 nitrogen and oxygen atoms in total. The van der Waals surface area contributed by atoms with Gasteiger partial charge in [0.05, 0.1) is 6.42 Å². The molecule has 0 aliphatic carbocycles. The van der Waals surface area contributed by atoms with E-state index in [9.17, 15) is 0 Å². The van der Waals surface area contributed by atoms with Crippen LogP contribution in [0.25, 0.3) is 21.5 Å². The van der Waals surface area contributed by atoms with Crippen molar-refractivity contribution in [3.05, 3.63) is 107 Å². The maximum atomic E-state index is 3.61. The van der Waals surface area contributed by atoms with Crippen LogP contribution in [0, 0.1) is 13.8 Å². The van der Waals surface area contributed by atoms with Gasteiger partial charge in [0.15, 0.2) is 5.71 Å². The van der Waals surface area contributed by atoms with Gasteiger partial charge in [0, 0.05) is 35.5 Å². The second kappa shape index (κ2) is 7.20. The number of hydrogen-bond donors (Lipinski definition) is 1. The molecule has 2 aliphatic rings. The van der Waals surface area contributed by atoms with Gasteiger partial charge in [-0.15, -0.1) is 0 Å². The second-order valence-corrected chi connectivity index (χ2v) is 9.18. The first-order chi connectivity index (χ1) is 15.6. The summed E-state index contributed by atoms with van der Waals surface area (Å²) in [6.07, 6.45) is 8.62. The van der Waals surface area contributed by atoms with Crippen LogP contribution < -0.4 is 5.32 Å². The fraction of sp³-hybridized carbons (Fsp3) is 0.167. The Kier molecular flexibility index (Phi) is 4.29. The number of anilines is 1. The zero-order valence-electron chi connectivity index (χ0n) is 18.9. The van der Waals surface area contributed by atoms with Crippen LogP contribution in [-0.2, 0) is 12.8 Å². The smallest absolute Gasteiger partial charge is 0.209 e. The van der Waals surface area contributed by atoms with Crippen LogP contribution in [0.15, 0.2) is 84.6 Å². The minimum atomic E-state index is 0.954. The molecule has 0 unspecified atom stereocenters. The first-order valence-corrected chi connectivity index (χ1v) is 11.4. The molecule has 32 heavy (non-hydrogen) atoms. The number of hydrogen-bond acceptors (Lipinski definition) is 1. The third-order valence-corrected chi connectivity index (χ3v) is 6.95. The molecule has 4 aromatic carbocycles. The van der Waals surface area contributed by atoms with Crippen LogP contribution >= 0.6 is 0 Å². The summed E-state index contributed by atoms with van der Waals surface area (Å²) in [5.41, 5.74) is 10.6. The van der Waals surface area contributed by atoms with E-state index in [1.54, 1.807) is 0 Å². The topological polar surface area (TPSA) is 15.0 Å². The Morgan fingerprint density at radius 3 is 2.22 bits per heavy atom. The summed E-state index contributed by atoms with van der Waals surface area (Å²) in [6, 6.07) is 22.5. The van der Waals surface area contributed by atoms with Gasteiger partial charge in [-0.25, -0.2) is 0 Å². The lowest BCUT2D eigenvalue weighted by Gasteiger charge is -2.05. The summed E-state index contributed by atoms with van der Waals surface area (Å²) in [6.45, 7) is 4.31. The summed E-state index contributed by atoms with van der Waals surface area (Å²) in [7, 11) is 2.18. The van der Waals surface area contributed by atoms with Gasteiger partial charge in [-0.3, -0.25) is 0 Å². The number of fused-ring (bicyclic) bond motifs is 6. The molecule has 0 spiro atoms. The van der Waals surface area contributed by atoms with Gasteiger partial charge in [0.25, 0.3) is 0 Å². The van der Waals surface area contributed by atoms with Crippen molar-refractivity contribution in [2.24, 2.45) is 0 Å². The van der Waals surface area contributed by atoms with E-state index >= 15 is 0 Å². The highest BCUT2D eigenvalue weighted by atomic mass is 15.0. The standard InChI is InChI=1S/C30H26N2/c1-19-7-11-25-21(15-19)9-13-29-27(25)17-23(31-29)5-4-6-24-18-28-26-12-8-20(2)16-22(26)10-14-30(28)32(24)3/h4-16H,17-18H2,1-3H3/p+1. The van der Waals surface area contributed by atoms with E-state index in [0.29, 0.717) is 0 Å². The SMILES string of the molecule is Cc1ccc2c3c(ccc2c1)NC(=CC=CC1=[N+](C)c2ccc4cc(C)ccc4c2C1)C3. The van der Waals surface area contributed by atoms with Crippen molar-refractivity contribution in [2.75, 3.05) is 12.4 Å². The minimum absolute atomic E-state index is 0.954. The zero-order valence-corrected chi connectivity index (χ0v) is 18.9. The molecular weight excluding hydrogens is 388 g/mol. The average molecular weight is 416 g/mol. The van der Waals surface area contributed by atoms with Gasteiger partial charge in [0.2, 0.25) is 5.69 Å². The van der Waals surface area contributed by atoms with Gasteiger partial charge < -0.3 is 5.32 Å². The minimum Gasteiger partial charge on any atom is -0.358 e. The second-order valence-electron chi connectivity index (χ2n) is 9.18. The van der Waals surface area contributed by atoms with Crippen LogP contribution in [0.2, 0.25) is 0 Å². The molecule has 0 aromatic heterocycles. The molecule has 2 aliphatic heterocycles. The van der Waals surface area contributed by atoms with Crippen LogP contribution in [-0.4, -0.2) is 17.3 Å². The lowest BCUT2D eigenvalue weighted by Crippen LogP contribution is -2.04. The Morgan fingerprint density at radius 1 is 0.781 bits per heavy atom. The summed E-state index contributed by atoms with van der Waals surface area (Å²) >= 11 is 0. The Balaban J connectivity index is 1.26. The molecule has 2 heteroatoms. The highest BCUT2D eigenvalue weighted by molar-refractivity contribution is 6.02. The van der Waals surface area contributed by atoms with Crippen molar-refractivity contribution in [2.45, 2.75) is 26.7 Å². The maximum Gasteiger partial charge on any atom is 0.209 e. The molecule has 0 saturated heterocycles. The molecule has 0 fully saturated rings. The van der Waals surface area contributed by atoms with Crippen molar-refractivity contribution in [3.8, 4) is 0 Å². The Morgan fingerprint density at radius 2 is 1.47 bits per heavy atom. The summed E-state index contributed by atoms with van der Waals surface area (Å²) < 4.78 is 2.33. The largest absolute Gasteiger partial charge is 0.358 e. The monoisotopic (exact) mass is 415 g/mol. The van der Waals surface area contributed by atoms with E-state index in [0.717, 1.165) is 12.8 Å². The fourth-order valence-electron chi connectivity index (χ4n) is 5.23. The Labute approximate surface area is 189 Å². The van der Waals surface area contributed by atoms with Crippen LogP contribution in [0.4, 0.5) is 11.4 Å². The van der Waals surface area contributed by atoms with E-state index in [4.69, 9.17) is 0 Å². The van der Waals surface area contributed by atoms with Crippen LogP contribution in [0.3, 0.4) is 0 Å². The van der Waals surface area contributed by atoms with E-state index in [2.05, 4.69) is 110 Å². The summed E-state index contributed by atoms with van der Waals surface area (Å²) in [4.78, 5) is 0. The van der Waals surface area contributed by atoms with Crippen LogP contribution in [0.1, 0.15) is 22.3 Å². The first-order valence-electron chi connectivity index (χ1n) is 11.4. The molecule has 2 heterocycles. The highest BCUT2D eigenvalue weighted by Gasteiger charge is 2.27. The van der Waals surface area contributed by atoms with Gasteiger partial charge in [-0.1, -0.05) is 59.7 Å². The van der Waals surface area contributed by atoms with E-state index in [1.807, 2.05) is 0 Å². The number of rotatable bonds is 2. The number of benzene rings is 4. The molecule has 4 aromatic rings. The summed E-state index contributed by atoms with van der Waals surface area (Å²) in [5.74, 6) is 0. The van der Waals surface area contributed by atoms with Crippen molar-refractivity contribution in [1.82, 2.24) is 0 Å². The van der Waals surface area contributed by atoms with Crippen LogP contribution in [0.5, 0.6) is 0 Å². The average Bonchev–Trinajstić information content (AvgIpc) is 3.34. The van der Waals surface area contributed by atoms with Crippen molar-refractivity contribution >= 4 is 38.6 Å². The Hall–Kier alpha value is -3.65. The quantitative estimate of drug-likeness (QED) is 0.349. The molecule has 1 N–H and O–H groups in total. The highest BCUT2D eigenvalue weighted by Crippen LogP contribution is 2.35. The molecule has 0 amide bonds. The lowest BCUT2D eigenvalue weighted by molar-refractivity contribution is -0.400. The first kappa shape index (κ1) is 19.1. The third-order valence-electron chi connectivity index (χ3n) is 6.95. The van der Waals surface area contributed by atoms with E-state index in [-0.39, 0.29) is 0 Å². The fourth-order valence-corrected chi connectivity index (χ4v) is 5.23. The summed E-state index contributed by atoms with van der Waals surface area (Å²) in [5, 5.41) is 9.00. The van der Waals surface area contributed by atoms with Gasteiger partial charge >= 0.3 is 0 Å². The zero-order chi connectivity index (χ0) is 21.8. The van der Waals surface area contributed by atoms with E-state index in [1.165, 1.54) is 66.6 Å². The van der Waals surface area contributed by atoms with Gasteiger partial charge in [-0.05, 0) is 59.2 Å². The van der Waals surface area contributed by atoms with Crippen molar-refractivity contribution < 1.29 is 4.58 Å². The van der Waals surface area contributed by atoms with Crippen molar-refractivity contribution in [1.29, 1.82) is 0 Å². The van der Waals surface area contributed by atoms with E-state index < -0.39 is 0 Å². The van der Waals surface area contributed by atoms with Gasteiger partial charge in [0.1, 0.15) is 7.05 Å². The molecule has 0 atom stereocenters. The Bertz CT molecular complexity index is 1520. The molecule has 0 bridgehead atoms. The number of aryl methyl sites for hydroxylation is 2. The number of allylic oxidation sites excluding steroid dienone is 4. The van der Waals surface area contributed by atoms with Crippen molar-refractivity contribution in [3.63, 3.8) is 0 Å². The molecule has 156 valence electrons. The number of nitrogens with zero attached hydrogens (tertiary/aromatic N) is 1. The molecule has 0 saturated carbocycles. The van der Waals surface area contributed by atoms with Gasteiger partial charge in [-0.2, -0.15) is 4.58 Å². The predicted octanol–water partition coefficient (Wildman–Crippen LogP) is 6.99. The molecular formula is C30H27N2+. The maximum absolute atomic E-state index is 3.61. The third kappa shape index (κ3) is 3.06. The lowest BCUT2D eigenvalue weighted by atomic mass is 9.99. The molecule has 0 radical (unpaired) electrons. The predicted molar refractivity (Wildman–Crippen MR) is 136 cm³/mol. The molecule has 6 rings (SSSR count).